The van der Waals surface area contributed by atoms with Gasteiger partial charge < -0.3 is 5.32 Å². The van der Waals surface area contributed by atoms with Crippen molar-refractivity contribution in [2.24, 2.45) is 0 Å². The molecule has 0 fully saturated rings. The summed E-state index contributed by atoms with van der Waals surface area (Å²) in [7, 11) is -7.93. The molecule has 10 heteroatoms. The maximum atomic E-state index is 13.9. The Morgan fingerprint density at radius 3 is 1.95 bits per heavy atom. The number of rotatable bonds is 10. The molecular weight excluding hydrogens is 595 g/mol. The number of hydrogen-bond donors (Lipinski definition) is 2. The van der Waals surface area contributed by atoms with Crippen molar-refractivity contribution in [3.8, 4) is 0 Å². The summed E-state index contributed by atoms with van der Waals surface area (Å²) in [5.74, 6) is -0.550. The first-order valence-electron chi connectivity index (χ1n) is 13.8. The van der Waals surface area contributed by atoms with E-state index in [-0.39, 0.29) is 27.6 Å². The molecule has 44 heavy (non-hydrogen) atoms. The van der Waals surface area contributed by atoms with Crippen LogP contribution in [0.4, 0.5) is 17.1 Å². The van der Waals surface area contributed by atoms with Crippen molar-refractivity contribution in [1.82, 2.24) is 0 Å². The Balaban J connectivity index is 1.42. The summed E-state index contributed by atoms with van der Waals surface area (Å²) in [5.41, 5.74) is 3.73. The molecule has 5 rings (SSSR count). The van der Waals surface area contributed by atoms with Gasteiger partial charge in [-0.3, -0.25) is 13.8 Å². The normalized spacial score (nSPS) is 11.5. The summed E-state index contributed by atoms with van der Waals surface area (Å²) >= 11 is 0. The SMILES string of the molecule is Cc1ccc(NS(=O)(=O)c2ccc(NC(=O)c3ccccc3N(Cc3ccccc3)S(=O)(=O)c3ccccc3)cc2)c(C)c1. The molecule has 2 N–H and O–H groups in total. The molecule has 0 spiro atoms. The maximum Gasteiger partial charge on any atom is 0.264 e. The van der Waals surface area contributed by atoms with Crippen LogP contribution in [-0.2, 0) is 26.6 Å². The minimum Gasteiger partial charge on any atom is -0.322 e. The molecule has 0 unspecified atom stereocenters. The number of nitrogens with zero attached hydrogens (tertiary/aromatic N) is 1. The molecule has 5 aromatic carbocycles. The third-order valence-electron chi connectivity index (χ3n) is 6.97. The van der Waals surface area contributed by atoms with Gasteiger partial charge in [0.05, 0.1) is 33.3 Å². The van der Waals surface area contributed by atoms with Crippen molar-refractivity contribution in [2.75, 3.05) is 14.3 Å². The summed E-state index contributed by atoms with van der Waals surface area (Å²) < 4.78 is 57.7. The van der Waals surface area contributed by atoms with Gasteiger partial charge in [0.15, 0.2) is 0 Å². The number of hydrogen-bond acceptors (Lipinski definition) is 5. The number of amides is 1. The zero-order chi connectivity index (χ0) is 31.3. The van der Waals surface area contributed by atoms with Crippen LogP contribution in [-0.4, -0.2) is 22.7 Å². The monoisotopic (exact) mass is 625 g/mol. The van der Waals surface area contributed by atoms with Gasteiger partial charge in [-0.25, -0.2) is 16.8 Å². The molecule has 0 saturated carbocycles. The van der Waals surface area contributed by atoms with Crippen LogP contribution < -0.4 is 14.3 Å². The van der Waals surface area contributed by atoms with Crippen molar-refractivity contribution in [3.63, 3.8) is 0 Å². The lowest BCUT2D eigenvalue weighted by Gasteiger charge is -2.26. The minimum atomic E-state index is -4.05. The number of carbonyl (C=O) groups is 1. The second kappa shape index (κ2) is 12.7. The van der Waals surface area contributed by atoms with E-state index < -0.39 is 26.0 Å². The molecule has 0 bridgehead atoms. The predicted molar refractivity (Wildman–Crippen MR) is 174 cm³/mol. The van der Waals surface area contributed by atoms with E-state index in [0.717, 1.165) is 16.7 Å². The van der Waals surface area contributed by atoms with E-state index in [4.69, 9.17) is 0 Å². The van der Waals surface area contributed by atoms with Gasteiger partial charge in [0, 0.05) is 5.69 Å². The molecule has 0 aromatic heterocycles. The predicted octanol–water partition coefficient (Wildman–Crippen LogP) is 6.75. The molecule has 0 radical (unpaired) electrons. The largest absolute Gasteiger partial charge is 0.322 e. The van der Waals surface area contributed by atoms with E-state index in [1.165, 1.54) is 40.7 Å². The number of carbonyl (C=O) groups excluding carboxylic acids is 1. The number of benzene rings is 5. The van der Waals surface area contributed by atoms with E-state index >= 15 is 0 Å². The first-order valence-corrected chi connectivity index (χ1v) is 16.7. The average molecular weight is 626 g/mol. The van der Waals surface area contributed by atoms with Crippen LogP contribution in [0.15, 0.2) is 137 Å². The standard InChI is InChI=1S/C34H31N3O5S2/c1-25-17-22-32(26(2)23-25)36-43(39,40)29-20-18-28(19-21-29)35-34(38)31-15-9-10-16-33(31)37(24-27-11-5-3-6-12-27)44(41,42)30-13-7-4-8-14-30/h3-23,36H,24H2,1-2H3,(H,35,38). The van der Waals surface area contributed by atoms with Gasteiger partial charge in [-0.05, 0) is 79.6 Å². The number of nitrogens with one attached hydrogen (secondary N) is 2. The molecule has 0 aliphatic carbocycles. The zero-order valence-electron chi connectivity index (χ0n) is 24.1. The van der Waals surface area contributed by atoms with Crippen LogP contribution in [0.25, 0.3) is 0 Å². The molecule has 8 nitrogen and oxygen atoms in total. The highest BCUT2D eigenvalue weighted by Crippen LogP contribution is 2.30. The van der Waals surface area contributed by atoms with E-state index in [1.54, 1.807) is 48.5 Å². The van der Waals surface area contributed by atoms with Crippen LogP contribution in [0.5, 0.6) is 0 Å². The van der Waals surface area contributed by atoms with Crippen LogP contribution in [0.1, 0.15) is 27.0 Å². The Hall–Kier alpha value is -4.93. The molecule has 224 valence electrons. The topological polar surface area (TPSA) is 113 Å². The number of aryl methyl sites for hydroxylation is 2. The second-order valence-corrected chi connectivity index (χ2v) is 13.8. The Kier molecular flexibility index (Phi) is 8.84. The number of para-hydroxylation sites is 1. The van der Waals surface area contributed by atoms with Gasteiger partial charge in [-0.2, -0.15) is 0 Å². The summed E-state index contributed by atoms with van der Waals surface area (Å²) in [6.07, 6.45) is 0. The molecule has 5 aromatic rings. The van der Waals surface area contributed by atoms with E-state index in [2.05, 4.69) is 10.0 Å². The number of anilines is 3. The third-order valence-corrected chi connectivity index (χ3v) is 10.1. The summed E-state index contributed by atoms with van der Waals surface area (Å²) in [6, 6.07) is 34.9. The van der Waals surface area contributed by atoms with E-state index in [1.807, 2.05) is 56.3 Å². The van der Waals surface area contributed by atoms with Gasteiger partial charge in [0.25, 0.3) is 26.0 Å². The average Bonchev–Trinajstić information content (AvgIpc) is 3.02. The molecule has 0 aliphatic heterocycles. The van der Waals surface area contributed by atoms with E-state index in [0.29, 0.717) is 11.4 Å². The Bertz CT molecular complexity index is 2000. The highest BCUT2D eigenvalue weighted by molar-refractivity contribution is 7.93. The minimum absolute atomic E-state index is 0.00236. The van der Waals surface area contributed by atoms with Gasteiger partial charge >= 0.3 is 0 Å². The first-order chi connectivity index (χ1) is 21.0. The Morgan fingerprint density at radius 2 is 1.30 bits per heavy atom. The molecule has 0 heterocycles. The molecule has 0 aliphatic rings. The van der Waals surface area contributed by atoms with Crippen LogP contribution >= 0.6 is 0 Å². The van der Waals surface area contributed by atoms with Crippen molar-refractivity contribution in [1.29, 1.82) is 0 Å². The lowest BCUT2D eigenvalue weighted by atomic mass is 10.1. The van der Waals surface area contributed by atoms with Crippen LogP contribution in [0.2, 0.25) is 0 Å². The summed E-state index contributed by atoms with van der Waals surface area (Å²) in [6.45, 7) is 3.76. The highest BCUT2D eigenvalue weighted by Gasteiger charge is 2.28. The van der Waals surface area contributed by atoms with Crippen molar-refractivity contribution < 1.29 is 21.6 Å². The summed E-state index contributed by atoms with van der Waals surface area (Å²) in [4.78, 5) is 13.7. The molecule has 0 saturated heterocycles. The quantitative estimate of drug-likeness (QED) is 0.178. The fraction of sp³-hybridized carbons (Fsp3) is 0.0882. The lowest BCUT2D eigenvalue weighted by Crippen LogP contribution is -2.32. The fourth-order valence-electron chi connectivity index (χ4n) is 4.70. The smallest absolute Gasteiger partial charge is 0.264 e. The summed E-state index contributed by atoms with van der Waals surface area (Å²) in [5, 5.41) is 2.78. The highest BCUT2D eigenvalue weighted by atomic mass is 32.2. The molecular formula is C34H31N3O5S2. The fourth-order valence-corrected chi connectivity index (χ4v) is 7.32. The lowest BCUT2D eigenvalue weighted by molar-refractivity contribution is 0.102. The van der Waals surface area contributed by atoms with Gasteiger partial charge in [0.2, 0.25) is 0 Å². The van der Waals surface area contributed by atoms with Crippen molar-refractivity contribution >= 4 is 43.0 Å². The maximum absolute atomic E-state index is 13.9. The van der Waals surface area contributed by atoms with Crippen molar-refractivity contribution in [3.05, 3.63) is 150 Å². The van der Waals surface area contributed by atoms with E-state index in [9.17, 15) is 21.6 Å². The molecule has 1 amide bonds. The number of sulfonamides is 2. The Labute approximate surface area is 258 Å². The second-order valence-electron chi connectivity index (χ2n) is 10.2. The van der Waals surface area contributed by atoms with Crippen LogP contribution in [0.3, 0.4) is 0 Å². The van der Waals surface area contributed by atoms with Crippen molar-refractivity contribution in [2.45, 2.75) is 30.2 Å². The first kappa shape index (κ1) is 30.5. The van der Waals surface area contributed by atoms with Gasteiger partial charge in [-0.1, -0.05) is 78.4 Å². The zero-order valence-corrected chi connectivity index (χ0v) is 25.8. The Morgan fingerprint density at radius 1 is 0.682 bits per heavy atom. The van der Waals surface area contributed by atoms with Gasteiger partial charge in [0.1, 0.15) is 0 Å². The molecule has 0 atom stereocenters. The van der Waals surface area contributed by atoms with Gasteiger partial charge in [-0.15, -0.1) is 0 Å². The third kappa shape index (κ3) is 6.82. The van der Waals surface area contributed by atoms with Crippen LogP contribution in [0, 0.1) is 13.8 Å².